The minimum Gasteiger partial charge on any atom is -0.488 e. The number of benzene rings is 2. The Hall–Kier alpha value is -3.06. The number of aliphatic hydroxyl groups is 1. The van der Waals surface area contributed by atoms with Crippen LogP contribution in [0.25, 0.3) is 0 Å². The van der Waals surface area contributed by atoms with Crippen molar-refractivity contribution >= 4 is 11.7 Å². The van der Waals surface area contributed by atoms with E-state index in [1.54, 1.807) is 19.1 Å². The fraction of sp³-hybridized carbons (Fsp3) is 0.273. The van der Waals surface area contributed by atoms with E-state index in [0.717, 1.165) is 0 Å². The van der Waals surface area contributed by atoms with Gasteiger partial charge >= 0.3 is 0 Å². The van der Waals surface area contributed by atoms with E-state index in [4.69, 9.17) is 9.84 Å². The Kier molecular flexibility index (Phi) is 6.39. The van der Waals surface area contributed by atoms with E-state index >= 15 is 0 Å². The van der Waals surface area contributed by atoms with Crippen LogP contribution in [-0.4, -0.2) is 34.9 Å². The molecule has 1 aliphatic rings. The summed E-state index contributed by atoms with van der Waals surface area (Å²) < 4.78 is 32.5. The Morgan fingerprint density at radius 2 is 1.97 bits per heavy atom. The quantitative estimate of drug-likeness (QED) is 0.807. The van der Waals surface area contributed by atoms with Crippen LogP contribution in [0.3, 0.4) is 0 Å². The third-order valence-electron chi connectivity index (χ3n) is 4.78. The van der Waals surface area contributed by atoms with E-state index in [2.05, 4.69) is 0 Å². The topological polar surface area (TPSA) is 66.8 Å². The summed E-state index contributed by atoms with van der Waals surface area (Å²) in [5.74, 6) is -1.42. The number of rotatable bonds is 6. The van der Waals surface area contributed by atoms with Gasteiger partial charge < -0.3 is 14.7 Å². The number of hydrogen-bond donors (Lipinski definition) is 1. The van der Waals surface area contributed by atoms with Gasteiger partial charge in [0.15, 0.2) is 17.3 Å². The van der Waals surface area contributed by atoms with Crippen LogP contribution < -0.4 is 4.74 Å². The van der Waals surface area contributed by atoms with Gasteiger partial charge in [-0.2, -0.15) is 0 Å². The molecule has 1 amide bonds. The van der Waals surface area contributed by atoms with Crippen molar-refractivity contribution in [3.05, 3.63) is 77.0 Å². The second kappa shape index (κ2) is 8.96. The van der Waals surface area contributed by atoms with Gasteiger partial charge in [0.05, 0.1) is 19.1 Å². The number of aliphatic hydroxyl groups excluding tert-OH is 1. The van der Waals surface area contributed by atoms with Gasteiger partial charge in [-0.05, 0) is 54.0 Å². The second-order valence-electron chi connectivity index (χ2n) is 6.81. The van der Waals surface area contributed by atoms with E-state index in [1.165, 1.54) is 41.4 Å². The highest BCUT2D eigenvalue weighted by Crippen LogP contribution is 2.30. The summed E-state index contributed by atoms with van der Waals surface area (Å²) in [5, 5.41) is 8.87. The van der Waals surface area contributed by atoms with Crippen molar-refractivity contribution in [2.75, 3.05) is 13.2 Å². The number of aryl methyl sites for hydroxylation is 1. The van der Waals surface area contributed by atoms with Crippen molar-refractivity contribution in [3.8, 4) is 5.75 Å². The molecular weight excluding hydrogens is 380 g/mol. The zero-order chi connectivity index (χ0) is 21.0. The molecule has 1 aliphatic heterocycles. The first kappa shape index (κ1) is 20.7. The molecule has 1 N–H and O–H groups in total. The van der Waals surface area contributed by atoms with Crippen LogP contribution in [0.2, 0.25) is 0 Å². The predicted molar refractivity (Wildman–Crippen MR) is 102 cm³/mol. The molecule has 152 valence electrons. The Bertz CT molecular complexity index is 941. The van der Waals surface area contributed by atoms with E-state index in [1.807, 2.05) is 0 Å². The van der Waals surface area contributed by atoms with Gasteiger partial charge in [-0.25, -0.2) is 8.78 Å². The molecule has 7 heteroatoms. The van der Waals surface area contributed by atoms with Crippen molar-refractivity contribution in [1.29, 1.82) is 0 Å². The summed E-state index contributed by atoms with van der Waals surface area (Å²) in [7, 11) is 0. The molecule has 3 rings (SSSR count). The third-order valence-corrected chi connectivity index (χ3v) is 4.78. The third kappa shape index (κ3) is 4.86. The van der Waals surface area contributed by atoms with E-state index in [9.17, 15) is 18.4 Å². The Balaban J connectivity index is 1.85. The van der Waals surface area contributed by atoms with Crippen LogP contribution in [-0.2, 0) is 16.0 Å². The van der Waals surface area contributed by atoms with Crippen LogP contribution in [0, 0.1) is 18.6 Å². The van der Waals surface area contributed by atoms with E-state index in [-0.39, 0.29) is 43.5 Å². The summed E-state index contributed by atoms with van der Waals surface area (Å²) in [6.45, 7) is 1.37. The molecule has 1 heterocycles. The molecule has 0 aromatic heterocycles. The first-order valence-electron chi connectivity index (χ1n) is 9.19. The van der Waals surface area contributed by atoms with Gasteiger partial charge in [-0.3, -0.25) is 9.59 Å². The number of hydrogen-bond acceptors (Lipinski definition) is 4. The monoisotopic (exact) mass is 401 g/mol. The van der Waals surface area contributed by atoms with Crippen LogP contribution in [0.5, 0.6) is 5.75 Å². The fourth-order valence-electron chi connectivity index (χ4n) is 3.25. The van der Waals surface area contributed by atoms with E-state index < -0.39 is 17.7 Å². The minimum absolute atomic E-state index is 0.0299. The maximum Gasteiger partial charge on any atom is 0.231 e. The molecule has 0 aliphatic carbocycles. The molecule has 1 atom stereocenters. The molecule has 1 unspecified atom stereocenters. The standard InChI is InChI=1S/C22H21F2NO4/c1-14-10-19(24)21(29-9-8-26)11-16(14)12-22(28)25-7-6-18(27)13-20(25)15-2-4-17(23)5-3-15/h2-7,10-11,20,26H,8-9,12-13H2,1H3. The lowest BCUT2D eigenvalue weighted by Crippen LogP contribution is -2.35. The Morgan fingerprint density at radius 1 is 1.24 bits per heavy atom. The molecule has 5 nitrogen and oxygen atoms in total. The van der Waals surface area contributed by atoms with Crippen LogP contribution in [0.1, 0.15) is 29.2 Å². The molecule has 0 spiro atoms. The lowest BCUT2D eigenvalue weighted by Gasteiger charge is -2.31. The van der Waals surface area contributed by atoms with Gasteiger partial charge in [-0.15, -0.1) is 0 Å². The van der Waals surface area contributed by atoms with Crippen LogP contribution in [0.15, 0.2) is 48.7 Å². The first-order valence-corrected chi connectivity index (χ1v) is 9.19. The zero-order valence-corrected chi connectivity index (χ0v) is 15.9. The van der Waals surface area contributed by atoms with Gasteiger partial charge in [0.1, 0.15) is 12.4 Å². The lowest BCUT2D eigenvalue weighted by molar-refractivity contribution is -0.131. The number of allylic oxidation sites excluding steroid dienone is 1. The molecule has 0 bridgehead atoms. The van der Waals surface area contributed by atoms with Gasteiger partial charge in [0, 0.05) is 12.6 Å². The van der Waals surface area contributed by atoms with E-state index in [0.29, 0.717) is 16.7 Å². The number of halogens is 2. The molecule has 2 aromatic carbocycles. The second-order valence-corrected chi connectivity index (χ2v) is 6.81. The normalized spacial score (nSPS) is 16.2. The average Bonchev–Trinajstić information content (AvgIpc) is 2.69. The van der Waals surface area contributed by atoms with Gasteiger partial charge in [0.2, 0.25) is 5.91 Å². The lowest BCUT2D eigenvalue weighted by atomic mass is 9.96. The summed E-state index contributed by atoms with van der Waals surface area (Å²) in [4.78, 5) is 26.4. The fourth-order valence-corrected chi connectivity index (χ4v) is 3.25. The number of nitrogens with zero attached hydrogens (tertiary/aromatic N) is 1. The predicted octanol–water partition coefficient (Wildman–Crippen LogP) is 3.24. The molecule has 0 fully saturated rings. The summed E-state index contributed by atoms with van der Waals surface area (Å²) >= 11 is 0. The maximum atomic E-state index is 14.0. The maximum absolute atomic E-state index is 14.0. The number of ether oxygens (including phenoxy) is 1. The van der Waals surface area contributed by atoms with Crippen molar-refractivity contribution in [2.45, 2.75) is 25.8 Å². The molecular formula is C22H21F2NO4. The minimum atomic E-state index is -0.570. The number of carbonyl (C=O) groups is 2. The largest absolute Gasteiger partial charge is 0.488 e. The van der Waals surface area contributed by atoms with Crippen molar-refractivity contribution in [1.82, 2.24) is 4.90 Å². The Labute approximate surface area is 167 Å². The first-order chi connectivity index (χ1) is 13.9. The summed E-state index contributed by atoms with van der Waals surface area (Å²) in [6.07, 6.45) is 2.84. The molecule has 29 heavy (non-hydrogen) atoms. The average molecular weight is 401 g/mol. The highest BCUT2D eigenvalue weighted by molar-refractivity contribution is 5.93. The van der Waals surface area contributed by atoms with Gasteiger partial charge in [0.25, 0.3) is 0 Å². The van der Waals surface area contributed by atoms with Crippen LogP contribution >= 0.6 is 0 Å². The Morgan fingerprint density at radius 3 is 2.66 bits per heavy atom. The molecule has 0 saturated heterocycles. The SMILES string of the molecule is Cc1cc(F)c(OCCO)cc1CC(=O)N1C=CC(=O)CC1c1ccc(F)cc1. The number of amides is 1. The zero-order valence-electron chi connectivity index (χ0n) is 15.9. The number of carbonyl (C=O) groups excluding carboxylic acids is 2. The van der Waals surface area contributed by atoms with Crippen molar-refractivity contribution in [3.63, 3.8) is 0 Å². The number of ketones is 1. The van der Waals surface area contributed by atoms with Crippen molar-refractivity contribution < 1.29 is 28.2 Å². The molecule has 0 saturated carbocycles. The smallest absolute Gasteiger partial charge is 0.231 e. The summed E-state index contributed by atoms with van der Waals surface area (Å²) in [5.41, 5.74) is 1.82. The summed E-state index contributed by atoms with van der Waals surface area (Å²) in [6, 6.07) is 7.87. The highest BCUT2D eigenvalue weighted by Gasteiger charge is 2.29. The highest BCUT2D eigenvalue weighted by atomic mass is 19.1. The van der Waals surface area contributed by atoms with Crippen LogP contribution in [0.4, 0.5) is 8.78 Å². The molecule has 0 radical (unpaired) electrons. The van der Waals surface area contributed by atoms with Crippen molar-refractivity contribution in [2.24, 2.45) is 0 Å². The van der Waals surface area contributed by atoms with Gasteiger partial charge in [-0.1, -0.05) is 12.1 Å². The molecule has 2 aromatic rings.